The largest absolute Gasteiger partial charge is 0.481 e. The van der Waals surface area contributed by atoms with E-state index >= 15 is 0 Å². The number of hydrogen-bond donors (Lipinski definition) is 3. The molecule has 2 aromatic rings. The van der Waals surface area contributed by atoms with E-state index < -0.39 is 37.0 Å². The fourth-order valence-corrected chi connectivity index (χ4v) is 11.1. The zero-order valence-corrected chi connectivity index (χ0v) is 43.0. The highest BCUT2D eigenvalue weighted by atomic mass is 32.2. The smallest absolute Gasteiger partial charge is 0.305 e. The van der Waals surface area contributed by atoms with Crippen LogP contribution in [0.2, 0.25) is 0 Å². The molecule has 0 spiro atoms. The molecule has 0 saturated carbocycles. The van der Waals surface area contributed by atoms with Crippen LogP contribution in [0.1, 0.15) is 77.3 Å². The molecule has 14 nitrogen and oxygen atoms in total. The van der Waals surface area contributed by atoms with E-state index in [1.165, 1.54) is 23.3 Å². The molecular weight excluding hydrogens is 901 g/mol. The van der Waals surface area contributed by atoms with E-state index in [1.54, 1.807) is 36.0 Å². The van der Waals surface area contributed by atoms with Crippen molar-refractivity contribution in [2.24, 2.45) is 0 Å². The van der Waals surface area contributed by atoms with Crippen LogP contribution < -0.4 is 4.90 Å². The molecule has 3 N–H and O–H groups in total. The van der Waals surface area contributed by atoms with Crippen LogP contribution in [0, 0.1) is 0 Å². The average Bonchev–Trinajstić information content (AvgIpc) is 3.54. The fraction of sp³-hybridized carbons (Fsp3) is 0.551. The van der Waals surface area contributed by atoms with Crippen molar-refractivity contribution in [1.29, 1.82) is 0 Å². The van der Waals surface area contributed by atoms with E-state index in [1.807, 2.05) is 0 Å². The maximum Gasteiger partial charge on any atom is 0.305 e. The molecule has 5 rings (SSSR count). The molecule has 2 aromatic carbocycles. The molecule has 0 saturated heterocycles. The average molecular weight is 974 g/mol. The van der Waals surface area contributed by atoms with Crippen molar-refractivity contribution in [1.82, 2.24) is 0 Å². The van der Waals surface area contributed by atoms with Crippen LogP contribution in [-0.4, -0.2) is 157 Å². The Bertz CT molecular complexity index is 2510. The highest BCUT2D eigenvalue weighted by Gasteiger charge is 2.45. The lowest BCUT2D eigenvalue weighted by Crippen LogP contribution is -2.37. The van der Waals surface area contributed by atoms with Gasteiger partial charge < -0.3 is 28.4 Å². The Morgan fingerprint density at radius 3 is 2.02 bits per heavy atom. The minimum atomic E-state index is -4.41. The van der Waals surface area contributed by atoms with Gasteiger partial charge in [-0.15, -0.1) is 11.8 Å². The number of ether oxygens (including phenoxy) is 2. The monoisotopic (exact) mass is 973 g/mol. The number of carboxylic acid groups (broad SMARTS) is 1. The standard InChI is InChI=1S/C49H70N4O10S3/c1-48(2)40-34-38(65(56,57)58)18-20-42(40)50(25-12-27-52(5,6)7)44(48)22-16-36-14-11-15-37(47(36)64-33-32-63-31-30-62-29-24-46(54)55)17-23-45-49(3,4)41-35-39(66(59,60)61)19-21-43(41)51(45)26-13-28-53(8,9)10/h16-23,34-35H,11-15,24-33H2,1-10H3/p+3. The first-order valence-corrected chi connectivity index (χ1v) is 26.6. The Balaban J connectivity index is 1.57. The number of carbonyl (C=O) groups is 1. The van der Waals surface area contributed by atoms with Crippen LogP contribution in [0.3, 0.4) is 0 Å². The lowest BCUT2D eigenvalue weighted by Gasteiger charge is -2.29. The van der Waals surface area contributed by atoms with Crippen LogP contribution in [0.5, 0.6) is 0 Å². The summed E-state index contributed by atoms with van der Waals surface area (Å²) in [6, 6.07) is 9.75. The van der Waals surface area contributed by atoms with Crippen molar-refractivity contribution >= 4 is 55.1 Å². The number of rotatable bonds is 23. The van der Waals surface area contributed by atoms with Crippen molar-refractivity contribution in [2.75, 3.05) is 106 Å². The molecule has 3 aliphatic rings. The Morgan fingerprint density at radius 2 is 1.39 bits per heavy atom. The zero-order valence-electron chi connectivity index (χ0n) is 40.6. The number of anilines is 1. The molecule has 66 heavy (non-hydrogen) atoms. The predicted octanol–water partition coefficient (Wildman–Crippen LogP) is 7.59. The minimum absolute atomic E-state index is 0.0591. The molecule has 0 fully saturated rings. The van der Waals surface area contributed by atoms with Crippen LogP contribution in [0.4, 0.5) is 11.4 Å². The van der Waals surface area contributed by atoms with Gasteiger partial charge in [0.05, 0.1) is 110 Å². The van der Waals surface area contributed by atoms with Crippen LogP contribution in [0.15, 0.2) is 92.2 Å². The Morgan fingerprint density at radius 1 is 0.788 bits per heavy atom. The van der Waals surface area contributed by atoms with Crippen LogP contribution in [-0.2, 0) is 45.3 Å². The SMILES string of the molecule is CC1(C)C(/C=C/C2=C(SCCOCCOCCC(=O)O)C(=C/C=C3/N(CCC[N+](C)(C)C)c4ccc(S(=O)(=O)O)cc4C3(C)C)/CCC2)=[N+](CCC[N+](C)(C)C)c2ccc(S(=O)(=O)O)cc21. The van der Waals surface area contributed by atoms with Crippen molar-refractivity contribution in [3.63, 3.8) is 0 Å². The van der Waals surface area contributed by atoms with Gasteiger partial charge in [-0.2, -0.15) is 21.4 Å². The quantitative estimate of drug-likeness (QED) is 0.0432. The van der Waals surface area contributed by atoms with Gasteiger partial charge in [-0.1, -0.05) is 26.0 Å². The maximum atomic E-state index is 12.3. The van der Waals surface area contributed by atoms with Gasteiger partial charge in [0.25, 0.3) is 20.2 Å². The third-order valence-corrected chi connectivity index (χ3v) is 15.3. The van der Waals surface area contributed by atoms with E-state index in [-0.39, 0.29) is 22.8 Å². The van der Waals surface area contributed by atoms with Crippen molar-refractivity contribution in [2.45, 2.75) is 86.8 Å². The van der Waals surface area contributed by atoms with E-state index in [0.717, 1.165) is 106 Å². The highest BCUT2D eigenvalue weighted by molar-refractivity contribution is 8.03. The first-order valence-electron chi connectivity index (χ1n) is 22.7. The molecule has 0 bridgehead atoms. The molecular formula is C49H73N4O10S3+3. The number of benzene rings is 2. The molecule has 364 valence electrons. The first-order chi connectivity index (χ1) is 30.6. The summed E-state index contributed by atoms with van der Waals surface area (Å²) in [6.07, 6.45) is 13.1. The second kappa shape index (κ2) is 21.3. The summed E-state index contributed by atoms with van der Waals surface area (Å²) in [4.78, 5) is 14.0. The number of allylic oxidation sites excluding steroid dienone is 7. The summed E-state index contributed by atoms with van der Waals surface area (Å²) in [5.41, 5.74) is 6.76. The Kier molecular flexibility index (Phi) is 17.2. The Labute approximate surface area is 398 Å². The van der Waals surface area contributed by atoms with Crippen molar-refractivity contribution < 1.29 is 58.9 Å². The summed E-state index contributed by atoms with van der Waals surface area (Å²) in [5, 5.41) is 8.91. The van der Waals surface area contributed by atoms with Gasteiger partial charge in [-0.3, -0.25) is 13.9 Å². The summed E-state index contributed by atoms with van der Waals surface area (Å²) in [7, 11) is 4.16. The fourth-order valence-electron chi connectivity index (χ4n) is 8.97. The highest BCUT2D eigenvalue weighted by Crippen LogP contribution is 2.49. The van der Waals surface area contributed by atoms with E-state index in [2.05, 4.69) is 104 Å². The van der Waals surface area contributed by atoms with E-state index in [9.17, 15) is 30.7 Å². The molecule has 0 unspecified atom stereocenters. The molecule has 2 heterocycles. The molecule has 17 heteroatoms. The van der Waals surface area contributed by atoms with Gasteiger partial charge in [-0.05, 0) is 86.2 Å². The zero-order chi connectivity index (χ0) is 48.9. The molecule has 0 atom stereocenters. The lowest BCUT2D eigenvalue weighted by molar-refractivity contribution is -0.871. The van der Waals surface area contributed by atoms with E-state index in [4.69, 9.17) is 14.6 Å². The topological polar surface area (TPSA) is 171 Å². The maximum absolute atomic E-state index is 12.3. The summed E-state index contributed by atoms with van der Waals surface area (Å²) >= 11 is 1.73. The van der Waals surface area contributed by atoms with Gasteiger partial charge in [0.2, 0.25) is 5.69 Å². The molecule has 0 aromatic heterocycles. The number of hydrogen-bond acceptors (Lipinski definition) is 9. The number of aliphatic carboxylic acids is 1. The van der Waals surface area contributed by atoms with Crippen molar-refractivity contribution in [3.05, 3.63) is 93.6 Å². The summed E-state index contributed by atoms with van der Waals surface area (Å²) in [5.74, 6) is -0.249. The summed E-state index contributed by atoms with van der Waals surface area (Å²) < 4.78 is 84.5. The van der Waals surface area contributed by atoms with Crippen LogP contribution >= 0.6 is 11.8 Å². The van der Waals surface area contributed by atoms with Crippen molar-refractivity contribution in [3.8, 4) is 0 Å². The van der Waals surface area contributed by atoms with Crippen LogP contribution in [0.25, 0.3) is 0 Å². The number of quaternary nitrogens is 2. The minimum Gasteiger partial charge on any atom is -0.481 e. The summed E-state index contributed by atoms with van der Waals surface area (Å²) in [6.45, 7) is 12.9. The normalized spacial score (nSPS) is 18.9. The number of fused-ring (bicyclic) bond motifs is 2. The molecule has 0 amide bonds. The van der Waals surface area contributed by atoms with Gasteiger partial charge in [-0.25, -0.2) is 0 Å². The number of carboxylic acids is 1. The molecule has 2 aliphatic heterocycles. The molecule has 0 radical (unpaired) electrons. The van der Waals surface area contributed by atoms with Gasteiger partial charge in [0.15, 0.2) is 12.3 Å². The third-order valence-electron chi connectivity index (χ3n) is 12.4. The predicted molar refractivity (Wildman–Crippen MR) is 263 cm³/mol. The van der Waals surface area contributed by atoms with Gasteiger partial charge in [0.1, 0.15) is 0 Å². The van der Waals surface area contributed by atoms with Gasteiger partial charge >= 0.3 is 5.97 Å². The molecule has 1 aliphatic carbocycles. The number of nitrogens with zero attached hydrogens (tertiary/aromatic N) is 4. The Hall–Kier alpha value is -3.65. The van der Waals surface area contributed by atoms with Gasteiger partial charge in [0, 0.05) is 58.1 Å². The van der Waals surface area contributed by atoms with E-state index in [0.29, 0.717) is 25.6 Å². The second-order valence-electron chi connectivity index (χ2n) is 20.5. The second-order valence-corrected chi connectivity index (χ2v) is 24.4. The first kappa shape index (κ1) is 53.3. The lowest BCUT2D eigenvalue weighted by atomic mass is 9.81. The number of thioether (sulfide) groups is 1. The third kappa shape index (κ3) is 13.7.